The summed E-state index contributed by atoms with van der Waals surface area (Å²) in [6, 6.07) is 7.49. The first-order valence-electron chi connectivity index (χ1n) is 6.74. The van der Waals surface area contributed by atoms with Crippen molar-refractivity contribution in [1.29, 1.82) is 0 Å². The van der Waals surface area contributed by atoms with E-state index in [0.29, 0.717) is 0 Å². The topological polar surface area (TPSA) is 47.6 Å². The molecule has 1 unspecified atom stereocenters. The average molecular weight is 265 g/mol. The Kier molecular flexibility index (Phi) is 6.97. The number of carbonyl (C=O) groups is 1. The summed E-state index contributed by atoms with van der Waals surface area (Å²) in [5.74, 6) is 0.475. The summed E-state index contributed by atoms with van der Waals surface area (Å²) in [4.78, 5) is 11.6. The number of aryl methyl sites for hydroxylation is 1. The molecule has 1 aromatic rings. The maximum absolute atomic E-state index is 11.6. The second-order valence-corrected chi connectivity index (χ2v) is 4.34. The predicted octanol–water partition coefficient (Wildman–Crippen LogP) is 2.17. The van der Waals surface area contributed by atoms with Crippen LogP contribution in [0.1, 0.15) is 25.8 Å². The van der Waals surface area contributed by atoms with Crippen molar-refractivity contribution in [2.45, 2.75) is 32.7 Å². The van der Waals surface area contributed by atoms with E-state index < -0.39 is 6.04 Å². The van der Waals surface area contributed by atoms with E-state index in [1.165, 1.54) is 12.7 Å². The third kappa shape index (κ3) is 5.30. The van der Waals surface area contributed by atoms with Crippen molar-refractivity contribution in [3.05, 3.63) is 29.8 Å². The van der Waals surface area contributed by atoms with Gasteiger partial charge >= 0.3 is 5.97 Å². The van der Waals surface area contributed by atoms with Crippen LogP contribution in [0.5, 0.6) is 5.75 Å². The van der Waals surface area contributed by atoms with Crippen LogP contribution in [0.4, 0.5) is 0 Å². The minimum atomic E-state index is -0.421. The highest BCUT2D eigenvalue weighted by atomic mass is 16.5. The zero-order valence-corrected chi connectivity index (χ0v) is 11.9. The number of rotatable bonds is 8. The van der Waals surface area contributed by atoms with Gasteiger partial charge in [0.1, 0.15) is 18.4 Å². The summed E-state index contributed by atoms with van der Waals surface area (Å²) in [7, 11) is 1.39. The number of ether oxygens (including phenoxy) is 2. The van der Waals surface area contributed by atoms with Gasteiger partial charge < -0.3 is 14.8 Å². The summed E-state index contributed by atoms with van der Waals surface area (Å²) < 4.78 is 10.4. The van der Waals surface area contributed by atoms with Crippen LogP contribution in [0.15, 0.2) is 24.3 Å². The summed E-state index contributed by atoms with van der Waals surface area (Å²) in [5.41, 5.74) is 1.26. The SMILES string of the molecule is CCCNC(COc1ccc(CC)cc1)C(=O)OC. The lowest BCUT2D eigenvalue weighted by Gasteiger charge is -2.16. The lowest BCUT2D eigenvalue weighted by atomic mass is 10.2. The molecule has 0 amide bonds. The molecule has 0 saturated carbocycles. The van der Waals surface area contributed by atoms with Crippen LogP contribution in [0.25, 0.3) is 0 Å². The van der Waals surface area contributed by atoms with Crippen molar-refractivity contribution in [2.75, 3.05) is 20.3 Å². The lowest BCUT2D eigenvalue weighted by molar-refractivity contribution is -0.143. The molecule has 1 aromatic carbocycles. The molecule has 1 rings (SSSR count). The maximum atomic E-state index is 11.6. The van der Waals surface area contributed by atoms with Crippen LogP contribution in [-0.4, -0.2) is 32.3 Å². The fourth-order valence-corrected chi connectivity index (χ4v) is 1.67. The Morgan fingerprint density at radius 1 is 1.26 bits per heavy atom. The molecule has 0 aromatic heterocycles. The summed E-state index contributed by atoms with van der Waals surface area (Å²) in [6.07, 6.45) is 1.96. The molecule has 0 aliphatic carbocycles. The van der Waals surface area contributed by atoms with Crippen LogP contribution >= 0.6 is 0 Å². The molecule has 0 aliphatic rings. The van der Waals surface area contributed by atoms with E-state index in [1.807, 2.05) is 31.2 Å². The van der Waals surface area contributed by atoms with Crippen molar-refractivity contribution in [3.63, 3.8) is 0 Å². The zero-order chi connectivity index (χ0) is 14.1. The van der Waals surface area contributed by atoms with Crippen molar-refractivity contribution < 1.29 is 14.3 Å². The van der Waals surface area contributed by atoms with Gasteiger partial charge in [-0.05, 0) is 37.1 Å². The number of hydrogen-bond acceptors (Lipinski definition) is 4. The standard InChI is InChI=1S/C15H23NO3/c1-4-10-16-14(15(17)18-3)11-19-13-8-6-12(5-2)7-9-13/h6-9,14,16H,4-5,10-11H2,1-3H3. The molecule has 19 heavy (non-hydrogen) atoms. The third-order valence-electron chi connectivity index (χ3n) is 2.87. The number of methoxy groups -OCH3 is 1. The predicted molar refractivity (Wildman–Crippen MR) is 75.4 cm³/mol. The molecular formula is C15H23NO3. The van der Waals surface area contributed by atoms with Crippen molar-refractivity contribution in [3.8, 4) is 5.75 Å². The van der Waals surface area contributed by atoms with E-state index in [4.69, 9.17) is 9.47 Å². The van der Waals surface area contributed by atoms with E-state index in [0.717, 1.165) is 25.1 Å². The van der Waals surface area contributed by atoms with Gasteiger partial charge in [0, 0.05) is 0 Å². The van der Waals surface area contributed by atoms with Gasteiger partial charge in [0.2, 0.25) is 0 Å². The third-order valence-corrected chi connectivity index (χ3v) is 2.87. The first kappa shape index (κ1) is 15.5. The van der Waals surface area contributed by atoms with E-state index >= 15 is 0 Å². The molecule has 1 atom stereocenters. The Labute approximate surface area is 115 Å². The van der Waals surface area contributed by atoms with E-state index in [9.17, 15) is 4.79 Å². The van der Waals surface area contributed by atoms with Gasteiger partial charge in [0.05, 0.1) is 7.11 Å². The molecule has 0 fully saturated rings. The average Bonchev–Trinajstić information content (AvgIpc) is 2.47. The first-order chi connectivity index (χ1) is 9.21. The van der Waals surface area contributed by atoms with E-state index in [1.54, 1.807) is 0 Å². The molecule has 0 aliphatic heterocycles. The normalized spacial score (nSPS) is 11.9. The van der Waals surface area contributed by atoms with Gasteiger partial charge in [0.15, 0.2) is 0 Å². The monoisotopic (exact) mass is 265 g/mol. The molecular weight excluding hydrogens is 242 g/mol. The van der Waals surface area contributed by atoms with Crippen LogP contribution in [0.3, 0.4) is 0 Å². The van der Waals surface area contributed by atoms with Gasteiger partial charge in [-0.3, -0.25) is 4.79 Å². The molecule has 0 bridgehead atoms. The Morgan fingerprint density at radius 3 is 2.47 bits per heavy atom. The molecule has 1 N–H and O–H groups in total. The summed E-state index contributed by atoms with van der Waals surface area (Å²) in [6.45, 7) is 5.19. The number of carbonyl (C=O) groups excluding carboxylic acids is 1. The van der Waals surface area contributed by atoms with Gasteiger partial charge in [-0.25, -0.2) is 0 Å². The largest absolute Gasteiger partial charge is 0.491 e. The second-order valence-electron chi connectivity index (χ2n) is 4.34. The molecule has 0 spiro atoms. The molecule has 106 valence electrons. The molecule has 4 heteroatoms. The molecule has 0 saturated heterocycles. The highest BCUT2D eigenvalue weighted by Crippen LogP contribution is 2.12. The molecule has 0 radical (unpaired) electrons. The second kappa shape index (κ2) is 8.53. The summed E-state index contributed by atoms with van der Waals surface area (Å²) >= 11 is 0. The Bertz CT molecular complexity index is 375. The van der Waals surface area contributed by atoms with E-state index in [2.05, 4.69) is 12.2 Å². The van der Waals surface area contributed by atoms with Crippen molar-refractivity contribution >= 4 is 5.97 Å². The minimum absolute atomic E-state index is 0.276. The summed E-state index contributed by atoms with van der Waals surface area (Å²) in [5, 5.41) is 3.11. The quantitative estimate of drug-likeness (QED) is 0.732. The highest BCUT2D eigenvalue weighted by Gasteiger charge is 2.18. The van der Waals surface area contributed by atoms with Gasteiger partial charge in [0.25, 0.3) is 0 Å². The van der Waals surface area contributed by atoms with Crippen LogP contribution in [0, 0.1) is 0 Å². The van der Waals surface area contributed by atoms with Crippen LogP contribution in [0.2, 0.25) is 0 Å². The number of nitrogens with one attached hydrogen (secondary N) is 1. The van der Waals surface area contributed by atoms with Gasteiger partial charge in [-0.2, -0.15) is 0 Å². The lowest BCUT2D eigenvalue weighted by Crippen LogP contribution is -2.42. The minimum Gasteiger partial charge on any atom is -0.491 e. The van der Waals surface area contributed by atoms with Crippen LogP contribution in [-0.2, 0) is 16.0 Å². The van der Waals surface area contributed by atoms with Crippen molar-refractivity contribution in [2.24, 2.45) is 0 Å². The first-order valence-corrected chi connectivity index (χ1v) is 6.74. The number of hydrogen-bond donors (Lipinski definition) is 1. The Balaban J connectivity index is 2.51. The number of benzene rings is 1. The molecule has 0 heterocycles. The molecule has 4 nitrogen and oxygen atoms in total. The zero-order valence-electron chi connectivity index (χ0n) is 11.9. The smallest absolute Gasteiger partial charge is 0.326 e. The van der Waals surface area contributed by atoms with Gasteiger partial charge in [-0.1, -0.05) is 26.0 Å². The van der Waals surface area contributed by atoms with E-state index in [-0.39, 0.29) is 12.6 Å². The fraction of sp³-hybridized carbons (Fsp3) is 0.533. The van der Waals surface area contributed by atoms with Crippen molar-refractivity contribution in [1.82, 2.24) is 5.32 Å². The Hall–Kier alpha value is -1.55. The Morgan fingerprint density at radius 2 is 1.95 bits per heavy atom. The fourth-order valence-electron chi connectivity index (χ4n) is 1.67. The van der Waals surface area contributed by atoms with Gasteiger partial charge in [-0.15, -0.1) is 0 Å². The number of esters is 1. The van der Waals surface area contributed by atoms with Crippen LogP contribution < -0.4 is 10.1 Å². The maximum Gasteiger partial charge on any atom is 0.326 e. The highest BCUT2D eigenvalue weighted by molar-refractivity contribution is 5.75.